The molecular weight excluding hydrogens is 248 g/mol. The second-order valence-electron chi connectivity index (χ2n) is 6.36. The highest BCUT2D eigenvalue weighted by Gasteiger charge is 2.21. The third-order valence-electron chi connectivity index (χ3n) is 4.16. The Bertz CT molecular complexity index is 422. The van der Waals surface area contributed by atoms with Crippen LogP contribution in [0.5, 0.6) is 0 Å². The second-order valence-corrected chi connectivity index (χ2v) is 6.36. The van der Waals surface area contributed by atoms with Gasteiger partial charge < -0.3 is 10.6 Å². The van der Waals surface area contributed by atoms with Crippen LogP contribution in [0.25, 0.3) is 0 Å². The summed E-state index contributed by atoms with van der Waals surface area (Å²) < 4.78 is 0. The molecule has 3 nitrogen and oxygen atoms in total. The molecule has 1 aromatic rings. The Kier molecular flexibility index (Phi) is 5.18. The molecule has 0 bridgehead atoms. The fraction of sp³-hybridized carbons (Fsp3) is 0.588. The summed E-state index contributed by atoms with van der Waals surface area (Å²) in [5.41, 5.74) is 1.24. The normalized spacial score (nSPS) is 19.0. The summed E-state index contributed by atoms with van der Waals surface area (Å²) in [5, 5.41) is 6.51. The molecule has 1 aromatic carbocycles. The molecule has 0 saturated carbocycles. The minimum Gasteiger partial charge on any atom is -0.355 e. The van der Waals surface area contributed by atoms with Crippen molar-refractivity contribution in [2.45, 2.75) is 51.0 Å². The van der Waals surface area contributed by atoms with Crippen LogP contribution in [0.3, 0.4) is 0 Å². The Hall–Kier alpha value is -1.35. The van der Waals surface area contributed by atoms with Gasteiger partial charge in [0.25, 0.3) is 0 Å². The van der Waals surface area contributed by atoms with Crippen LogP contribution in [-0.4, -0.2) is 25.0 Å². The first-order valence-corrected chi connectivity index (χ1v) is 7.63. The maximum Gasteiger partial charge on any atom is 0.220 e. The zero-order valence-corrected chi connectivity index (χ0v) is 12.6. The predicted molar refractivity (Wildman–Crippen MR) is 82.7 cm³/mol. The fourth-order valence-electron chi connectivity index (χ4n) is 2.71. The van der Waals surface area contributed by atoms with E-state index in [0.29, 0.717) is 19.0 Å². The van der Waals surface area contributed by atoms with Crippen molar-refractivity contribution in [2.75, 3.05) is 13.1 Å². The molecule has 1 heterocycles. The van der Waals surface area contributed by atoms with Crippen LogP contribution < -0.4 is 10.6 Å². The van der Waals surface area contributed by atoms with Crippen molar-refractivity contribution in [3.63, 3.8) is 0 Å². The first-order valence-electron chi connectivity index (χ1n) is 7.63. The van der Waals surface area contributed by atoms with E-state index in [4.69, 9.17) is 0 Å². The molecule has 0 radical (unpaired) electrons. The SMILES string of the molecule is CC(C)(CNC(=O)CCC1CCCN1)c1ccccc1. The van der Waals surface area contributed by atoms with Gasteiger partial charge in [0, 0.05) is 24.4 Å². The molecule has 1 unspecified atom stereocenters. The van der Waals surface area contributed by atoms with E-state index in [-0.39, 0.29) is 11.3 Å². The zero-order valence-electron chi connectivity index (χ0n) is 12.6. The summed E-state index contributed by atoms with van der Waals surface area (Å²) in [5.74, 6) is 0.169. The molecule has 20 heavy (non-hydrogen) atoms. The van der Waals surface area contributed by atoms with Crippen molar-refractivity contribution in [1.82, 2.24) is 10.6 Å². The van der Waals surface area contributed by atoms with E-state index in [0.717, 1.165) is 13.0 Å². The highest BCUT2D eigenvalue weighted by atomic mass is 16.1. The minimum atomic E-state index is -0.0253. The lowest BCUT2D eigenvalue weighted by Gasteiger charge is -2.25. The lowest BCUT2D eigenvalue weighted by atomic mass is 9.84. The number of carbonyl (C=O) groups excluding carboxylic acids is 1. The smallest absolute Gasteiger partial charge is 0.220 e. The minimum absolute atomic E-state index is 0.0253. The number of amides is 1. The highest BCUT2D eigenvalue weighted by Crippen LogP contribution is 2.21. The van der Waals surface area contributed by atoms with Gasteiger partial charge in [0.2, 0.25) is 5.91 Å². The topological polar surface area (TPSA) is 41.1 Å². The monoisotopic (exact) mass is 274 g/mol. The number of rotatable bonds is 6. The van der Waals surface area contributed by atoms with Crippen LogP contribution in [-0.2, 0) is 10.2 Å². The standard InChI is InChI=1S/C17H26N2O/c1-17(2,14-7-4-3-5-8-14)13-19-16(20)11-10-15-9-6-12-18-15/h3-5,7-8,15,18H,6,9-13H2,1-2H3,(H,19,20). The first-order chi connectivity index (χ1) is 9.58. The third-order valence-corrected chi connectivity index (χ3v) is 4.16. The number of carbonyl (C=O) groups is 1. The van der Waals surface area contributed by atoms with Crippen LogP contribution >= 0.6 is 0 Å². The van der Waals surface area contributed by atoms with Crippen LogP contribution in [0.4, 0.5) is 0 Å². The van der Waals surface area contributed by atoms with Crippen molar-refractivity contribution >= 4 is 5.91 Å². The fourth-order valence-corrected chi connectivity index (χ4v) is 2.71. The third kappa shape index (κ3) is 4.34. The van der Waals surface area contributed by atoms with Crippen molar-refractivity contribution in [3.8, 4) is 0 Å². The Labute approximate surface area is 122 Å². The lowest BCUT2D eigenvalue weighted by molar-refractivity contribution is -0.121. The van der Waals surface area contributed by atoms with Crippen LogP contribution in [0.1, 0.15) is 45.1 Å². The molecule has 1 aliphatic heterocycles. The van der Waals surface area contributed by atoms with Gasteiger partial charge >= 0.3 is 0 Å². The van der Waals surface area contributed by atoms with Gasteiger partial charge in [-0.15, -0.1) is 0 Å². The number of benzene rings is 1. The molecule has 1 saturated heterocycles. The van der Waals surface area contributed by atoms with E-state index < -0.39 is 0 Å². The van der Waals surface area contributed by atoms with Gasteiger partial charge in [-0.25, -0.2) is 0 Å². The maximum absolute atomic E-state index is 11.9. The van der Waals surface area contributed by atoms with Gasteiger partial charge in [-0.2, -0.15) is 0 Å². The zero-order chi connectivity index (χ0) is 14.4. The number of hydrogen-bond donors (Lipinski definition) is 2. The first kappa shape index (κ1) is 15.0. The maximum atomic E-state index is 11.9. The van der Waals surface area contributed by atoms with E-state index in [2.05, 4.69) is 36.6 Å². The lowest BCUT2D eigenvalue weighted by Crippen LogP contribution is -2.37. The Balaban J connectivity index is 1.74. The molecule has 110 valence electrons. The Morgan fingerprint density at radius 2 is 2.10 bits per heavy atom. The summed E-state index contributed by atoms with van der Waals surface area (Å²) in [7, 11) is 0. The van der Waals surface area contributed by atoms with E-state index in [9.17, 15) is 4.79 Å². The van der Waals surface area contributed by atoms with Gasteiger partial charge in [-0.3, -0.25) is 4.79 Å². The molecule has 1 amide bonds. The van der Waals surface area contributed by atoms with E-state index >= 15 is 0 Å². The van der Waals surface area contributed by atoms with Crippen LogP contribution in [0.2, 0.25) is 0 Å². The van der Waals surface area contributed by atoms with Gasteiger partial charge in [0.15, 0.2) is 0 Å². The molecule has 2 rings (SSSR count). The number of hydrogen-bond acceptors (Lipinski definition) is 2. The van der Waals surface area contributed by atoms with Gasteiger partial charge in [-0.05, 0) is 31.4 Å². The van der Waals surface area contributed by atoms with Crippen molar-refractivity contribution in [1.29, 1.82) is 0 Å². The average Bonchev–Trinajstić information content (AvgIpc) is 2.97. The summed E-state index contributed by atoms with van der Waals surface area (Å²) in [6.07, 6.45) is 4.04. The second kappa shape index (κ2) is 6.89. The molecule has 0 aromatic heterocycles. The molecule has 2 N–H and O–H groups in total. The van der Waals surface area contributed by atoms with Crippen molar-refractivity contribution in [3.05, 3.63) is 35.9 Å². The summed E-state index contributed by atoms with van der Waals surface area (Å²) >= 11 is 0. The van der Waals surface area contributed by atoms with Gasteiger partial charge in [-0.1, -0.05) is 44.2 Å². The molecule has 1 atom stereocenters. The van der Waals surface area contributed by atoms with E-state index in [1.54, 1.807) is 0 Å². The Morgan fingerprint density at radius 1 is 1.35 bits per heavy atom. The largest absolute Gasteiger partial charge is 0.355 e. The Morgan fingerprint density at radius 3 is 2.75 bits per heavy atom. The quantitative estimate of drug-likeness (QED) is 0.837. The molecular formula is C17H26N2O. The van der Waals surface area contributed by atoms with E-state index in [1.807, 2.05) is 18.2 Å². The molecule has 0 spiro atoms. The molecule has 1 fully saturated rings. The molecule has 3 heteroatoms. The summed E-state index contributed by atoms with van der Waals surface area (Å²) in [6, 6.07) is 10.9. The summed E-state index contributed by atoms with van der Waals surface area (Å²) in [4.78, 5) is 11.9. The average molecular weight is 274 g/mol. The summed E-state index contributed by atoms with van der Waals surface area (Å²) in [6.45, 7) is 6.13. The van der Waals surface area contributed by atoms with Gasteiger partial charge in [0.05, 0.1) is 0 Å². The van der Waals surface area contributed by atoms with Crippen LogP contribution in [0.15, 0.2) is 30.3 Å². The number of nitrogens with one attached hydrogen (secondary N) is 2. The van der Waals surface area contributed by atoms with Crippen molar-refractivity contribution in [2.24, 2.45) is 0 Å². The molecule has 0 aliphatic carbocycles. The van der Waals surface area contributed by atoms with Crippen molar-refractivity contribution < 1.29 is 4.79 Å². The molecule has 1 aliphatic rings. The highest BCUT2D eigenvalue weighted by molar-refractivity contribution is 5.76. The van der Waals surface area contributed by atoms with Gasteiger partial charge in [0.1, 0.15) is 0 Å². The van der Waals surface area contributed by atoms with E-state index in [1.165, 1.54) is 18.4 Å². The predicted octanol–water partition coefficient (Wildman–Crippen LogP) is 2.61. The van der Waals surface area contributed by atoms with Crippen LogP contribution in [0, 0.1) is 0 Å².